The molecule has 0 radical (unpaired) electrons. The first-order valence-corrected chi connectivity index (χ1v) is 12.6. The zero-order chi connectivity index (χ0) is 24.5. The molecule has 0 aliphatic carbocycles. The van der Waals surface area contributed by atoms with Gasteiger partial charge < -0.3 is 9.47 Å². The number of ether oxygens (including phenoxy) is 2. The fourth-order valence-electron chi connectivity index (χ4n) is 3.56. The molecule has 0 atom stereocenters. The van der Waals surface area contributed by atoms with E-state index < -0.39 is 5.97 Å². The van der Waals surface area contributed by atoms with Gasteiger partial charge in [0.15, 0.2) is 5.82 Å². The Bertz CT molecular complexity index is 1550. The topological polar surface area (TPSA) is 78.6 Å². The number of methoxy groups -OCH3 is 2. The summed E-state index contributed by atoms with van der Waals surface area (Å²) in [5.74, 6) is 0.130. The Kier molecular flexibility index (Phi) is 6.38. The summed E-state index contributed by atoms with van der Waals surface area (Å²) in [4.78, 5) is 23.0. The van der Waals surface area contributed by atoms with Crippen LogP contribution in [0.4, 0.5) is 0 Å². The number of benzene rings is 2. The van der Waals surface area contributed by atoms with Gasteiger partial charge in [-0.3, -0.25) is 0 Å². The second-order valence-corrected chi connectivity index (χ2v) is 9.80. The number of thiazole rings is 2. The fraction of sp³-hybridized carbons (Fsp3) is 0.120. The highest BCUT2D eigenvalue weighted by molar-refractivity contribution is 7.18. The Balaban J connectivity index is 1.41. The van der Waals surface area contributed by atoms with Crippen molar-refractivity contribution in [2.45, 2.75) is 6.92 Å². The van der Waals surface area contributed by atoms with Crippen LogP contribution in [0.15, 0.2) is 60.2 Å². The summed E-state index contributed by atoms with van der Waals surface area (Å²) in [7, 11) is 2.82. The lowest BCUT2D eigenvalue weighted by Crippen LogP contribution is -2.05. The maximum Gasteiger partial charge on any atom is 0.342 e. The van der Waals surface area contributed by atoms with Crippen LogP contribution >= 0.6 is 34.3 Å². The van der Waals surface area contributed by atoms with Crippen LogP contribution in [0.2, 0.25) is 5.02 Å². The van der Waals surface area contributed by atoms with E-state index in [1.54, 1.807) is 15.9 Å². The number of esters is 1. The highest BCUT2D eigenvalue weighted by Gasteiger charge is 2.22. The van der Waals surface area contributed by atoms with Crippen molar-refractivity contribution in [2.24, 2.45) is 0 Å². The van der Waals surface area contributed by atoms with Gasteiger partial charge in [-0.2, -0.15) is 4.98 Å². The van der Waals surface area contributed by atoms with Gasteiger partial charge in [-0.25, -0.2) is 14.3 Å². The zero-order valence-corrected chi connectivity index (χ0v) is 21.4. The van der Waals surface area contributed by atoms with E-state index in [4.69, 9.17) is 26.1 Å². The second kappa shape index (κ2) is 9.61. The summed E-state index contributed by atoms with van der Waals surface area (Å²) < 4.78 is 11.7. The molecular weight excluding hydrogens is 504 g/mol. The SMILES string of the molecule is CO/C=C(\C(=O)OC)c1sc2nc(-c3ccc(-c4nc(-c5ccc(Cl)cc5)cs4)cc3)nn2c1C. The van der Waals surface area contributed by atoms with Gasteiger partial charge >= 0.3 is 5.97 Å². The van der Waals surface area contributed by atoms with E-state index in [9.17, 15) is 4.79 Å². The molecule has 0 saturated carbocycles. The van der Waals surface area contributed by atoms with Crippen molar-refractivity contribution >= 4 is 50.8 Å². The molecule has 2 aromatic carbocycles. The lowest BCUT2D eigenvalue weighted by molar-refractivity contribution is -0.133. The summed E-state index contributed by atoms with van der Waals surface area (Å²) in [6, 6.07) is 15.7. The number of rotatable bonds is 6. The highest BCUT2D eigenvalue weighted by atomic mass is 35.5. The average Bonchev–Trinajstić information content (AvgIpc) is 3.60. The van der Waals surface area contributed by atoms with E-state index in [1.807, 2.05) is 60.8 Å². The van der Waals surface area contributed by atoms with Gasteiger partial charge in [0.25, 0.3) is 0 Å². The van der Waals surface area contributed by atoms with E-state index in [0.29, 0.717) is 26.3 Å². The second-order valence-electron chi connectivity index (χ2n) is 7.53. The molecule has 176 valence electrons. The van der Waals surface area contributed by atoms with E-state index in [2.05, 4.69) is 10.1 Å². The summed E-state index contributed by atoms with van der Waals surface area (Å²) in [6.45, 7) is 1.88. The van der Waals surface area contributed by atoms with Crippen LogP contribution in [0, 0.1) is 6.92 Å². The van der Waals surface area contributed by atoms with Gasteiger partial charge in [-0.15, -0.1) is 16.4 Å². The molecule has 35 heavy (non-hydrogen) atoms. The van der Waals surface area contributed by atoms with E-state index >= 15 is 0 Å². The molecule has 3 heterocycles. The Morgan fingerprint density at radius 3 is 2.34 bits per heavy atom. The monoisotopic (exact) mass is 522 g/mol. The van der Waals surface area contributed by atoms with E-state index in [-0.39, 0.29) is 0 Å². The summed E-state index contributed by atoms with van der Waals surface area (Å²) in [5, 5.41) is 8.33. The van der Waals surface area contributed by atoms with Crippen LogP contribution in [0.25, 0.3) is 43.8 Å². The van der Waals surface area contributed by atoms with Crippen molar-refractivity contribution in [3.05, 3.63) is 75.8 Å². The van der Waals surface area contributed by atoms with E-state index in [0.717, 1.165) is 33.1 Å². The van der Waals surface area contributed by atoms with Gasteiger partial charge in [-0.1, -0.05) is 59.3 Å². The summed E-state index contributed by atoms with van der Waals surface area (Å²) in [5.41, 5.74) is 4.97. The summed E-state index contributed by atoms with van der Waals surface area (Å²) >= 11 is 8.94. The Hall–Kier alpha value is -3.53. The Morgan fingerprint density at radius 2 is 1.69 bits per heavy atom. The standard InChI is InChI=1S/C25H19ClN4O3S2/c1-14-21(19(12-32-2)24(31)33-3)35-25-28-22(29-30(14)25)16-4-6-17(7-5-16)23-27-20(13-34-23)15-8-10-18(26)11-9-15/h4-13H,1-3H3/b19-12-. The van der Waals surface area contributed by atoms with Gasteiger partial charge in [-0.05, 0) is 19.1 Å². The predicted molar refractivity (Wildman–Crippen MR) is 140 cm³/mol. The molecule has 0 spiro atoms. The minimum Gasteiger partial charge on any atom is -0.503 e. The molecule has 0 aliphatic rings. The molecule has 10 heteroatoms. The molecule has 0 N–H and O–H groups in total. The average molecular weight is 523 g/mol. The van der Waals surface area contributed by atoms with E-state index in [1.165, 1.54) is 31.8 Å². The van der Waals surface area contributed by atoms with Crippen LogP contribution in [0.3, 0.4) is 0 Å². The number of hydrogen-bond acceptors (Lipinski definition) is 8. The molecular formula is C25H19ClN4O3S2. The number of aromatic nitrogens is 4. The van der Waals surface area contributed by atoms with Crippen LogP contribution in [-0.4, -0.2) is 39.8 Å². The molecule has 7 nitrogen and oxygen atoms in total. The molecule has 0 amide bonds. The normalized spacial score (nSPS) is 11.7. The van der Waals surface area contributed by atoms with Gasteiger partial charge in [0.1, 0.15) is 10.6 Å². The number of fused-ring (bicyclic) bond motifs is 1. The van der Waals surface area contributed by atoms with Crippen molar-refractivity contribution in [2.75, 3.05) is 14.2 Å². The number of carbonyl (C=O) groups is 1. The largest absolute Gasteiger partial charge is 0.503 e. The number of nitrogens with zero attached hydrogens (tertiary/aromatic N) is 4. The molecule has 0 aliphatic heterocycles. The van der Waals surface area contributed by atoms with Gasteiger partial charge in [0, 0.05) is 27.1 Å². The first-order chi connectivity index (χ1) is 17.0. The third-order valence-electron chi connectivity index (χ3n) is 5.34. The molecule has 0 bridgehead atoms. The van der Waals surface area contributed by atoms with Gasteiger partial charge in [0.05, 0.1) is 36.7 Å². The fourth-order valence-corrected chi connectivity index (χ4v) is 5.58. The molecule has 5 rings (SSSR count). The Labute approximate surface area is 214 Å². The molecule has 0 saturated heterocycles. The molecule has 5 aromatic rings. The maximum atomic E-state index is 12.2. The third-order valence-corrected chi connectivity index (χ3v) is 7.65. The molecule has 0 unspecified atom stereocenters. The predicted octanol–water partition coefficient (Wildman–Crippen LogP) is 6.37. The quantitative estimate of drug-likeness (QED) is 0.146. The molecule has 3 aromatic heterocycles. The van der Waals surface area contributed by atoms with Gasteiger partial charge in [0.2, 0.25) is 4.96 Å². The number of hydrogen-bond donors (Lipinski definition) is 0. The van der Waals surface area contributed by atoms with Crippen LogP contribution in [-0.2, 0) is 14.3 Å². The maximum absolute atomic E-state index is 12.2. The first kappa shape index (κ1) is 23.2. The van der Waals surface area contributed by atoms with Crippen molar-refractivity contribution in [3.8, 4) is 33.2 Å². The summed E-state index contributed by atoms with van der Waals surface area (Å²) in [6.07, 6.45) is 1.38. The van der Waals surface area contributed by atoms with Crippen LogP contribution in [0.1, 0.15) is 10.6 Å². The lowest BCUT2D eigenvalue weighted by atomic mass is 10.1. The zero-order valence-electron chi connectivity index (χ0n) is 19.0. The van der Waals surface area contributed by atoms with Crippen LogP contribution in [0.5, 0.6) is 0 Å². The van der Waals surface area contributed by atoms with Crippen molar-refractivity contribution < 1.29 is 14.3 Å². The highest BCUT2D eigenvalue weighted by Crippen LogP contribution is 2.33. The Morgan fingerprint density at radius 1 is 1.00 bits per heavy atom. The first-order valence-electron chi connectivity index (χ1n) is 10.5. The van der Waals surface area contributed by atoms with Crippen molar-refractivity contribution in [3.63, 3.8) is 0 Å². The number of aryl methyl sites for hydroxylation is 1. The smallest absolute Gasteiger partial charge is 0.342 e. The lowest BCUT2D eigenvalue weighted by Gasteiger charge is -2.03. The molecule has 0 fully saturated rings. The number of carbonyl (C=O) groups excluding carboxylic acids is 1. The number of halogens is 1. The van der Waals surface area contributed by atoms with Crippen LogP contribution < -0.4 is 0 Å². The minimum atomic E-state index is -0.475. The van der Waals surface area contributed by atoms with Crippen molar-refractivity contribution in [1.82, 2.24) is 19.6 Å². The minimum absolute atomic E-state index is 0.331. The van der Waals surface area contributed by atoms with Crippen molar-refractivity contribution in [1.29, 1.82) is 0 Å². The third kappa shape index (κ3) is 4.45.